The van der Waals surface area contributed by atoms with Gasteiger partial charge in [-0.1, -0.05) is 24.3 Å². The summed E-state index contributed by atoms with van der Waals surface area (Å²) in [5.74, 6) is 0. The van der Waals surface area contributed by atoms with Gasteiger partial charge < -0.3 is 15.0 Å². The Hall–Kier alpha value is -0.900. The van der Waals surface area contributed by atoms with Crippen LogP contribution >= 0.6 is 0 Å². The van der Waals surface area contributed by atoms with Crippen LogP contribution in [-0.2, 0) is 11.3 Å². The molecule has 1 fully saturated rings. The van der Waals surface area contributed by atoms with Crippen molar-refractivity contribution in [1.29, 1.82) is 0 Å². The van der Waals surface area contributed by atoms with Gasteiger partial charge in [-0.15, -0.1) is 0 Å². The third kappa shape index (κ3) is 4.11. The van der Waals surface area contributed by atoms with Crippen LogP contribution in [-0.4, -0.2) is 39.4 Å². The Balaban J connectivity index is 1.64. The van der Waals surface area contributed by atoms with Gasteiger partial charge in [0.25, 0.3) is 0 Å². The summed E-state index contributed by atoms with van der Waals surface area (Å²) in [4.78, 5) is 1.69. The molecule has 0 bridgehead atoms. The maximum Gasteiger partial charge on any atom is 0.127 e. The Labute approximate surface area is 104 Å². The number of ether oxygens (including phenoxy) is 1. The highest BCUT2D eigenvalue weighted by Gasteiger charge is 2.13. The van der Waals surface area contributed by atoms with E-state index in [1.807, 2.05) is 0 Å². The normalized spacial score (nSPS) is 17.2. The van der Waals surface area contributed by atoms with Crippen molar-refractivity contribution in [2.45, 2.75) is 13.5 Å². The highest BCUT2D eigenvalue weighted by atomic mass is 16.5. The summed E-state index contributed by atoms with van der Waals surface area (Å²) in [5.41, 5.74) is 2.87. The number of rotatable bonds is 5. The summed E-state index contributed by atoms with van der Waals surface area (Å²) >= 11 is 0. The van der Waals surface area contributed by atoms with Gasteiger partial charge in [0.05, 0.1) is 13.2 Å². The molecule has 1 aliphatic heterocycles. The largest absolute Gasteiger partial charge is 0.370 e. The average Bonchev–Trinajstić information content (AvgIpc) is 2.38. The molecule has 1 aliphatic rings. The summed E-state index contributed by atoms with van der Waals surface area (Å²) in [5, 5.41) is 2.42. The van der Waals surface area contributed by atoms with Crippen molar-refractivity contribution >= 4 is 0 Å². The fourth-order valence-corrected chi connectivity index (χ4v) is 2.31. The van der Waals surface area contributed by atoms with E-state index in [9.17, 15) is 0 Å². The first-order valence-electron chi connectivity index (χ1n) is 6.64. The summed E-state index contributed by atoms with van der Waals surface area (Å²) in [6.45, 7) is 10.0. The fourth-order valence-electron chi connectivity index (χ4n) is 2.31. The average molecular weight is 236 g/mol. The molecular formula is C14H24N2O+2. The first-order chi connectivity index (χ1) is 8.36. The molecule has 3 nitrogen and oxygen atoms in total. The van der Waals surface area contributed by atoms with E-state index in [-0.39, 0.29) is 0 Å². The molecule has 1 saturated heterocycles. The van der Waals surface area contributed by atoms with Gasteiger partial charge in [-0.25, -0.2) is 0 Å². The third-order valence-electron chi connectivity index (χ3n) is 3.53. The number of morpholine rings is 1. The minimum absolute atomic E-state index is 0.938. The van der Waals surface area contributed by atoms with Gasteiger partial charge in [-0.05, 0) is 12.5 Å². The molecular weight excluding hydrogens is 212 g/mol. The van der Waals surface area contributed by atoms with Crippen molar-refractivity contribution < 1.29 is 15.0 Å². The second kappa shape index (κ2) is 6.74. The number of nitrogens with two attached hydrogens (primary N) is 1. The third-order valence-corrected chi connectivity index (χ3v) is 3.53. The van der Waals surface area contributed by atoms with Crippen LogP contribution in [0.5, 0.6) is 0 Å². The molecule has 1 heterocycles. The van der Waals surface area contributed by atoms with Crippen LogP contribution in [0.2, 0.25) is 0 Å². The first-order valence-corrected chi connectivity index (χ1v) is 6.64. The lowest BCUT2D eigenvalue weighted by Gasteiger charge is -2.22. The van der Waals surface area contributed by atoms with Crippen LogP contribution in [0.15, 0.2) is 24.3 Å². The van der Waals surface area contributed by atoms with Crippen molar-refractivity contribution in [3.05, 3.63) is 35.4 Å². The second-order valence-electron chi connectivity index (χ2n) is 4.82. The van der Waals surface area contributed by atoms with Gasteiger partial charge >= 0.3 is 0 Å². The van der Waals surface area contributed by atoms with E-state index >= 15 is 0 Å². The Morgan fingerprint density at radius 3 is 2.76 bits per heavy atom. The predicted molar refractivity (Wildman–Crippen MR) is 68.1 cm³/mol. The molecule has 2 rings (SSSR count). The molecule has 0 unspecified atom stereocenters. The monoisotopic (exact) mass is 236 g/mol. The number of aryl methyl sites for hydroxylation is 1. The first kappa shape index (κ1) is 12.6. The van der Waals surface area contributed by atoms with Gasteiger partial charge in [0.1, 0.15) is 32.7 Å². The maximum absolute atomic E-state index is 5.36. The molecule has 1 aromatic rings. The van der Waals surface area contributed by atoms with Gasteiger partial charge in [0.2, 0.25) is 0 Å². The van der Waals surface area contributed by atoms with Gasteiger partial charge in [-0.3, -0.25) is 0 Å². The van der Waals surface area contributed by atoms with Crippen molar-refractivity contribution in [3.8, 4) is 0 Å². The van der Waals surface area contributed by atoms with Crippen LogP contribution in [0, 0.1) is 6.92 Å². The van der Waals surface area contributed by atoms with Crippen LogP contribution < -0.4 is 10.2 Å². The predicted octanol–water partition coefficient (Wildman–Crippen LogP) is -1.03. The number of nitrogens with one attached hydrogen (secondary N) is 1. The number of hydrogen-bond acceptors (Lipinski definition) is 1. The van der Waals surface area contributed by atoms with Crippen molar-refractivity contribution in [3.63, 3.8) is 0 Å². The summed E-state index contributed by atoms with van der Waals surface area (Å²) in [6, 6.07) is 8.66. The van der Waals surface area contributed by atoms with Gasteiger partial charge in [-0.2, -0.15) is 0 Å². The quantitative estimate of drug-likeness (QED) is 0.630. The Bertz CT molecular complexity index is 335. The van der Waals surface area contributed by atoms with Crippen molar-refractivity contribution in [1.82, 2.24) is 0 Å². The molecule has 0 radical (unpaired) electrons. The van der Waals surface area contributed by atoms with E-state index in [1.54, 1.807) is 4.90 Å². The van der Waals surface area contributed by atoms with E-state index < -0.39 is 0 Å². The standard InChI is InChI=1S/C14H22N2O/c1-13-4-2-3-5-14(13)12-15-6-7-16-8-10-17-11-9-16/h2-5,15H,6-12H2,1H3/p+2. The highest BCUT2D eigenvalue weighted by Crippen LogP contribution is 2.03. The summed E-state index contributed by atoms with van der Waals surface area (Å²) < 4.78 is 5.36. The van der Waals surface area contributed by atoms with Crippen LogP contribution in [0.4, 0.5) is 0 Å². The van der Waals surface area contributed by atoms with E-state index in [0.29, 0.717) is 0 Å². The van der Waals surface area contributed by atoms with Gasteiger partial charge in [0, 0.05) is 5.56 Å². The topological polar surface area (TPSA) is 30.3 Å². The molecule has 17 heavy (non-hydrogen) atoms. The molecule has 1 aromatic carbocycles. The summed E-state index contributed by atoms with van der Waals surface area (Å²) in [6.07, 6.45) is 0. The van der Waals surface area contributed by atoms with E-state index in [0.717, 1.165) is 19.8 Å². The Kier molecular flexibility index (Phi) is 4.98. The fraction of sp³-hybridized carbons (Fsp3) is 0.571. The molecule has 94 valence electrons. The maximum atomic E-state index is 5.36. The highest BCUT2D eigenvalue weighted by molar-refractivity contribution is 5.24. The van der Waals surface area contributed by atoms with E-state index in [4.69, 9.17) is 4.74 Å². The zero-order valence-corrected chi connectivity index (χ0v) is 10.7. The molecule has 0 atom stereocenters. The molecule has 3 heteroatoms. The molecule has 0 aliphatic carbocycles. The molecule has 0 spiro atoms. The SMILES string of the molecule is Cc1ccccc1C[NH2+]CC[NH+]1CCOCC1. The van der Waals surface area contributed by atoms with Crippen molar-refractivity contribution in [2.24, 2.45) is 0 Å². The minimum atomic E-state index is 0.938. The van der Waals surface area contributed by atoms with Gasteiger partial charge in [0.15, 0.2) is 0 Å². The zero-order chi connectivity index (χ0) is 11.9. The van der Waals surface area contributed by atoms with E-state index in [1.165, 1.54) is 37.3 Å². The van der Waals surface area contributed by atoms with Crippen LogP contribution in [0.3, 0.4) is 0 Å². The summed E-state index contributed by atoms with van der Waals surface area (Å²) in [7, 11) is 0. The molecule has 0 amide bonds. The number of benzene rings is 1. The lowest BCUT2D eigenvalue weighted by molar-refractivity contribution is -0.920. The lowest BCUT2D eigenvalue weighted by atomic mass is 10.1. The Morgan fingerprint density at radius 2 is 2.00 bits per heavy atom. The van der Waals surface area contributed by atoms with Crippen LogP contribution in [0.25, 0.3) is 0 Å². The second-order valence-corrected chi connectivity index (χ2v) is 4.82. The van der Waals surface area contributed by atoms with Crippen LogP contribution in [0.1, 0.15) is 11.1 Å². The molecule has 0 aromatic heterocycles. The van der Waals surface area contributed by atoms with Crippen molar-refractivity contribution in [2.75, 3.05) is 39.4 Å². The molecule has 3 N–H and O–H groups in total. The zero-order valence-electron chi connectivity index (χ0n) is 10.7. The minimum Gasteiger partial charge on any atom is -0.370 e. The number of hydrogen-bond donors (Lipinski definition) is 2. The number of quaternary nitrogens is 2. The Morgan fingerprint density at radius 1 is 1.24 bits per heavy atom. The smallest absolute Gasteiger partial charge is 0.127 e. The van der Waals surface area contributed by atoms with E-state index in [2.05, 4.69) is 36.5 Å². The molecule has 0 saturated carbocycles. The lowest BCUT2D eigenvalue weighted by Crippen LogP contribution is -3.16.